The fourth-order valence-corrected chi connectivity index (χ4v) is 6.32. The summed E-state index contributed by atoms with van der Waals surface area (Å²) >= 11 is 0. The molecule has 9 heteroatoms. The summed E-state index contributed by atoms with van der Waals surface area (Å²) in [7, 11) is 2.16. The fraction of sp³-hybridized carbons (Fsp3) is 0.526. The quantitative estimate of drug-likeness (QED) is 0.270. The molecule has 252 valence electrons. The van der Waals surface area contributed by atoms with Gasteiger partial charge in [0.25, 0.3) is 0 Å². The number of fused-ring (bicyclic) bond motifs is 2. The Morgan fingerprint density at radius 2 is 1.72 bits per heavy atom. The Hall–Kier alpha value is -4.16. The molecule has 47 heavy (non-hydrogen) atoms. The first-order chi connectivity index (χ1) is 22.8. The van der Waals surface area contributed by atoms with Gasteiger partial charge in [0.05, 0.1) is 18.3 Å². The molecule has 3 aliphatic heterocycles. The van der Waals surface area contributed by atoms with E-state index in [4.69, 9.17) is 20.0 Å². The van der Waals surface area contributed by atoms with Crippen LogP contribution in [0.25, 0.3) is 10.8 Å². The smallest absolute Gasteiger partial charge is 0.318 e. The van der Waals surface area contributed by atoms with E-state index in [-0.39, 0.29) is 5.91 Å². The van der Waals surface area contributed by atoms with Crippen LogP contribution in [-0.2, 0) is 17.8 Å². The number of hydrogen-bond donors (Lipinski definition) is 0. The Morgan fingerprint density at radius 1 is 1.02 bits per heavy atom. The highest BCUT2D eigenvalue weighted by Gasteiger charge is 2.30. The van der Waals surface area contributed by atoms with Crippen molar-refractivity contribution in [2.75, 3.05) is 62.7 Å². The lowest BCUT2D eigenvalue weighted by molar-refractivity contribution is -0.126. The van der Waals surface area contributed by atoms with Crippen LogP contribution in [-0.4, -0.2) is 84.6 Å². The van der Waals surface area contributed by atoms with E-state index in [9.17, 15) is 4.79 Å². The van der Waals surface area contributed by atoms with Gasteiger partial charge in [-0.15, -0.1) is 0 Å². The molecule has 3 aromatic rings. The molecule has 0 spiro atoms. The number of carbonyl (C=O) groups is 1. The van der Waals surface area contributed by atoms with Crippen LogP contribution in [0.5, 0.6) is 6.01 Å². The van der Waals surface area contributed by atoms with Gasteiger partial charge in [-0.2, -0.15) is 15.2 Å². The van der Waals surface area contributed by atoms with E-state index < -0.39 is 0 Å². The van der Waals surface area contributed by atoms with Crippen LogP contribution in [0.1, 0.15) is 69.7 Å². The van der Waals surface area contributed by atoms with E-state index in [1.807, 2.05) is 17.9 Å². The highest BCUT2D eigenvalue weighted by Crippen LogP contribution is 2.35. The van der Waals surface area contributed by atoms with Crippen LogP contribution < -0.4 is 14.5 Å². The number of carbonyl (C=O) groups excluding carboxylic acids is 1. The standard InChI is InChI=1S/C31H38N6O2.C4H10.C3H5N/c1-4-28(38)35-16-18-36(19-17-35)30-25-13-15-37(27-12-6-10-23-9-5-8-22(2)29(23)27)20-26(25)32-31(33-30)39-21-24-11-7-14-34(24)3;1-3-4-2;1-2-3-4/h4-6,8-10,12,24H,1,7,11,13-21H2,2-3H3;3-4H2,1-2H3;2H2,1H3. The van der Waals surface area contributed by atoms with Crippen molar-refractivity contribution in [3.63, 3.8) is 0 Å². The van der Waals surface area contributed by atoms with Crippen molar-refractivity contribution < 1.29 is 9.53 Å². The van der Waals surface area contributed by atoms with Crippen LogP contribution in [0.4, 0.5) is 11.5 Å². The van der Waals surface area contributed by atoms with Crippen molar-refractivity contribution in [2.45, 2.75) is 78.8 Å². The van der Waals surface area contributed by atoms with Gasteiger partial charge in [-0.3, -0.25) is 4.79 Å². The Labute approximate surface area is 281 Å². The van der Waals surface area contributed by atoms with E-state index in [1.165, 1.54) is 52.9 Å². The Morgan fingerprint density at radius 3 is 2.34 bits per heavy atom. The normalized spacial score (nSPS) is 17.5. The number of nitrogens with zero attached hydrogens (tertiary/aromatic N) is 7. The van der Waals surface area contributed by atoms with Gasteiger partial charge >= 0.3 is 6.01 Å². The van der Waals surface area contributed by atoms with Gasteiger partial charge < -0.3 is 24.3 Å². The van der Waals surface area contributed by atoms with Crippen LogP contribution in [0.15, 0.2) is 49.1 Å². The summed E-state index contributed by atoms with van der Waals surface area (Å²) in [5.41, 5.74) is 4.78. The molecule has 1 atom stereocenters. The molecule has 9 nitrogen and oxygen atoms in total. The predicted molar refractivity (Wildman–Crippen MR) is 192 cm³/mol. The number of aryl methyl sites for hydroxylation is 1. The van der Waals surface area contributed by atoms with Crippen LogP contribution >= 0.6 is 0 Å². The first-order valence-corrected chi connectivity index (χ1v) is 17.3. The molecule has 0 aliphatic carbocycles. The van der Waals surface area contributed by atoms with Gasteiger partial charge in [-0.05, 0) is 62.9 Å². The van der Waals surface area contributed by atoms with Gasteiger partial charge in [0.1, 0.15) is 12.4 Å². The monoisotopic (exact) mass is 639 g/mol. The lowest BCUT2D eigenvalue weighted by atomic mass is 9.99. The minimum absolute atomic E-state index is 0.00917. The minimum Gasteiger partial charge on any atom is -0.462 e. The molecule has 1 amide bonds. The number of benzene rings is 2. The number of piperazine rings is 1. The van der Waals surface area contributed by atoms with Gasteiger partial charge in [0.15, 0.2) is 0 Å². The number of rotatable bonds is 7. The molecule has 6 rings (SSSR count). The molecule has 2 saturated heterocycles. The second-order valence-corrected chi connectivity index (χ2v) is 12.5. The first-order valence-electron chi connectivity index (χ1n) is 17.3. The number of amides is 1. The fourth-order valence-electron chi connectivity index (χ4n) is 6.32. The highest BCUT2D eigenvalue weighted by atomic mass is 16.5. The van der Waals surface area contributed by atoms with E-state index >= 15 is 0 Å². The van der Waals surface area contributed by atoms with E-state index in [0.717, 1.165) is 50.5 Å². The number of hydrogen-bond acceptors (Lipinski definition) is 8. The maximum atomic E-state index is 12.2. The topological polar surface area (TPSA) is 88.8 Å². The number of unbranched alkanes of at least 4 members (excludes halogenated alkanes) is 1. The summed E-state index contributed by atoms with van der Waals surface area (Å²) in [4.78, 5) is 31.1. The highest BCUT2D eigenvalue weighted by molar-refractivity contribution is 5.97. The Kier molecular flexibility index (Phi) is 13.4. The van der Waals surface area contributed by atoms with E-state index in [0.29, 0.717) is 44.7 Å². The van der Waals surface area contributed by atoms with Crippen LogP contribution in [0.2, 0.25) is 0 Å². The molecule has 1 unspecified atom stereocenters. The maximum Gasteiger partial charge on any atom is 0.318 e. The third-order valence-electron chi connectivity index (χ3n) is 9.25. The van der Waals surface area contributed by atoms with Gasteiger partial charge in [0.2, 0.25) is 5.91 Å². The second kappa shape index (κ2) is 17.7. The van der Waals surface area contributed by atoms with Crippen LogP contribution in [0, 0.1) is 18.3 Å². The molecule has 2 aromatic carbocycles. The number of likely N-dealkylation sites (tertiary alicyclic amines) is 1. The maximum absolute atomic E-state index is 12.2. The lowest BCUT2D eigenvalue weighted by Crippen LogP contribution is -2.49. The van der Waals surface area contributed by atoms with Crippen molar-refractivity contribution in [1.82, 2.24) is 19.8 Å². The minimum atomic E-state index is -0.00917. The van der Waals surface area contributed by atoms with E-state index in [2.05, 4.69) is 85.5 Å². The molecule has 0 saturated carbocycles. The largest absolute Gasteiger partial charge is 0.462 e. The van der Waals surface area contributed by atoms with Crippen molar-refractivity contribution >= 4 is 28.2 Å². The van der Waals surface area contributed by atoms with Gasteiger partial charge in [0, 0.05) is 61.8 Å². The summed E-state index contributed by atoms with van der Waals surface area (Å²) in [6.07, 6.45) is 7.87. The number of anilines is 2. The molecule has 3 aliphatic rings. The average molecular weight is 640 g/mol. The van der Waals surface area contributed by atoms with Gasteiger partial charge in [-0.1, -0.05) is 70.5 Å². The first kappa shape index (κ1) is 35.7. The number of nitriles is 1. The van der Waals surface area contributed by atoms with E-state index in [1.54, 1.807) is 0 Å². The molecule has 2 fully saturated rings. The third-order valence-corrected chi connectivity index (χ3v) is 9.25. The molecule has 0 N–H and O–H groups in total. The average Bonchev–Trinajstić information content (AvgIpc) is 3.54. The summed E-state index contributed by atoms with van der Waals surface area (Å²) in [6, 6.07) is 15.9. The third kappa shape index (κ3) is 9.01. The Balaban J connectivity index is 0.000000564. The molecular weight excluding hydrogens is 586 g/mol. The second-order valence-electron chi connectivity index (χ2n) is 12.5. The molecule has 4 heterocycles. The zero-order valence-electron chi connectivity index (χ0n) is 29.2. The van der Waals surface area contributed by atoms with Crippen LogP contribution in [0.3, 0.4) is 0 Å². The zero-order chi connectivity index (χ0) is 33.8. The molecule has 0 bridgehead atoms. The van der Waals surface area contributed by atoms with Gasteiger partial charge in [-0.25, -0.2) is 0 Å². The summed E-state index contributed by atoms with van der Waals surface area (Å²) in [5, 5.41) is 10.2. The summed E-state index contributed by atoms with van der Waals surface area (Å²) in [5.74, 6) is 0.958. The number of aromatic nitrogens is 2. The molecule has 1 aromatic heterocycles. The zero-order valence-corrected chi connectivity index (χ0v) is 29.2. The number of likely N-dealkylation sites (N-methyl/N-ethyl adjacent to an activating group) is 1. The molecular formula is C38H53N7O2. The van der Waals surface area contributed by atoms with Crippen molar-refractivity contribution in [2.24, 2.45) is 0 Å². The predicted octanol–water partition coefficient (Wildman–Crippen LogP) is 6.53. The molecule has 0 radical (unpaired) electrons. The lowest BCUT2D eigenvalue weighted by Gasteiger charge is -2.38. The van der Waals surface area contributed by atoms with Crippen molar-refractivity contribution in [3.8, 4) is 12.1 Å². The Bertz CT molecular complexity index is 1520. The summed E-state index contributed by atoms with van der Waals surface area (Å²) in [6.45, 7) is 18.1. The SMILES string of the molecule is C=CC(=O)N1CCN(c2nc(OCC3CCCN3C)nc3c2CCN(c2cccc4cccc(C)c24)C3)CC1.CCC#N.CCCC. The number of ether oxygens (including phenoxy) is 1. The summed E-state index contributed by atoms with van der Waals surface area (Å²) < 4.78 is 6.28. The van der Waals surface area contributed by atoms with Crippen molar-refractivity contribution in [3.05, 3.63) is 65.9 Å². The van der Waals surface area contributed by atoms with Crippen molar-refractivity contribution in [1.29, 1.82) is 5.26 Å².